The third kappa shape index (κ3) is 4.98. The number of ether oxygens (including phenoxy) is 1. The van der Waals surface area contributed by atoms with Gasteiger partial charge in [0, 0.05) is 6.20 Å². The van der Waals surface area contributed by atoms with Crippen LogP contribution < -0.4 is 10.0 Å². The number of carbonyl (C=O) groups is 1. The number of carbonyl (C=O) groups excluding carboxylic acids is 1. The Kier molecular flexibility index (Phi) is 6.63. The van der Waals surface area contributed by atoms with E-state index in [0.29, 0.717) is 10.0 Å². The zero-order chi connectivity index (χ0) is 19.2. The molecule has 0 saturated carbocycles. The molecular formula is C16H14ClN3O4S2. The van der Waals surface area contributed by atoms with E-state index >= 15 is 0 Å². The van der Waals surface area contributed by atoms with E-state index in [1.807, 2.05) is 0 Å². The van der Waals surface area contributed by atoms with Crippen molar-refractivity contribution in [2.75, 3.05) is 16.6 Å². The van der Waals surface area contributed by atoms with E-state index in [4.69, 9.17) is 21.6 Å². The second-order valence-corrected chi connectivity index (χ2v) is 8.37. The summed E-state index contributed by atoms with van der Waals surface area (Å²) >= 11 is 6.72. The molecule has 2 N–H and O–H groups in total. The number of anilines is 2. The van der Waals surface area contributed by atoms with E-state index in [9.17, 15) is 13.2 Å². The minimum atomic E-state index is -3.82. The molecule has 0 bridgehead atoms. The average Bonchev–Trinajstić information content (AvgIpc) is 3.04. The monoisotopic (exact) mass is 411 g/mol. The molecule has 0 unspecified atom stereocenters. The summed E-state index contributed by atoms with van der Waals surface area (Å²) in [4.78, 5) is 11.6. The number of nitrogens with zero attached hydrogens (tertiary/aromatic N) is 1. The highest BCUT2D eigenvalue weighted by Gasteiger charge is 2.18. The van der Waals surface area contributed by atoms with Crippen LogP contribution in [-0.4, -0.2) is 21.0 Å². The van der Waals surface area contributed by atoms with Crippen LogP contribution in [0.3, 0.4) is 0 Å². The minimum absolute atomic E-state index is 0.0667. The Bertz CT molecular complexity index is 977. The van der Waals surface area contributed by atoms with Gasteiger partial charge in [-0.05, 0) is 31.2 Å². The standard InChI is InChI=1S/C16H14ClN3O4S2/c1-2-24-16(21)11(9-18)10-19-12-5-3-4-6-13(12)20-26(22,23)15-8-7-14(17)25-15/h3-8,10,19-20H,2H2,1H3/b11-10+. The van der Waals surface area contributed by atoms with Crippen LogP contribution in [0.25, 0.3) is 0 Å². The Labute approximate surface area is 159 Å². The fourth-order valence-corrected chi connectivity index (χ4v) is 4.39. The van der Waals surface area contributed by atoms with Crippen molar-refractivity contribution < 1.29 is 17.9 Å². The van der Waals surface area contributed by atoms with E-state index in [0.717, 1.165) is 17.5 Å². The highest BCUT2D eigenvalue weighted by Crippen LogP contribution is 2.29. The number of rotatable bonds is 7. The number of nitriles is 1. The van der Waals surface area contributed by atoms with Gasteiger partial charge in [0.05, 0.1) is 22.3 Å². The molecule has 0 aliphatic rings. The summed E-state index contributed by atoms with van der Waals surface area (Å²) in [5.74, 6) is -0.770. The maximum Gasteiger partial charge on any atom is 0.350 e. The molecule has 0 fully saturated rings. The van der Waals surface area contributed by atoms with E-state index in [2.05, 4.69) is 10.0 Å². The highest BCUT2D eigenvalue weighted by atomic mass is 35.5. The van der Waals surface area contributed by atoms with Crippen LogP contribution in [0.5, 0.6) is 0 Å². The Hall–Kier alpha value is -2.54. The summed E-state index contributed by atoms with van der Waals surface area (Å²) in [6.45, 7) is 1.76. The number of hydrogen-bond acceptors (Lipinski definition) is 7. The van der Waals surface area contributed by atoms with Crippen molar-refractivity contribution >= 4 is 50.3 Å². The fourth-order valence-electron chi connectivity index (χ4n) is 1.83. The van der Waals surface area contributed by atoms with Gasteiger partial charge in [0.25, 0.3) is 10.0 Å². The number of thiophene rings is 1. The van der Waals surface area contributed by atoms with Gasteiger partial charge < -0.3 is 10.1 Å². The van der Waals surface area contributed by atoms with Crippen LogP contribution in [-0.2, 0) is 19.6 Å². The molecule has 0 aliphatic heterocycles. The first-order chi connectivity index (χ1) is 12.4. The molecule has 2 rings (SSSR count). The number of nitrogens with one attached hydrogen (secondary N) is 2. The summed E-state index contributed by atoms with van der Waals surface area (Å²) < 4.78 is 32.5. The summed E-state index contributed by atoms with van der Waals surface area (Å²) in [5, 5.41) is 11.8. The highest BCUT2D eigenvalue weighted by molar-refractivity contribution is 7.94. The van der Waals surface area contributed by atoms with Gasteiger partial charge in [-0.15, -0.1) is 11.3 Å². The molecule has 1 aromatic heterocycles. The van der Waals surface area contributed by atoms with E-state index in [-0.39, 0.29) is 22.1 Å². The molecule has 0 radical (unpaired) electrons. The van der Waals surface area contributed by atoms with Crippen molar-refractivity contribution in [3.8, 4) is 6.07 Å². The molecule has 1 heterocycles. The number of hydrogen-bond donors (Lipinski definition) is 2. The van der Waals surface area contributed by atoms with Gasteiger partial charge in [-0.3, -0.25) is 4.72 Å². The van der Waals surface area contributed by atoms with Gasteiger partial charge >= 0.3 is 5.97 Å². The first-order valence-electron chi connectivity index (χ1n) is 7.28. The molecule has 0 saturated heterocycles. The normalized spacial score (nSPS) is 11.5. The molecule has 0 spiro atoms. The number of halogens is 1. The van der Waals surface area contributed by atoms with Crippen LogP contribution in [0.15, 0.2) is 52.4 Å². The molecule has 0 aliphatic carbocycles. The van der Waals surface area contributed by atoms with Crippen LogP contribution in [0.4, 0.5) is 11.4 Å². The molecule has 26 heavy (non-hydrogen) atoms. The predicted octanol–water partition coefficient (Wildman–Crippen LogP) is 3.58. The maximum absolute atomic E-state index is 12.4. The van der Waals surface area contributed by atoms with Crippen LogP contribution in [0.2, 0.25) is 4.34 Å². The molecular weight excluding hydrogens is 398 g/mol. The molecule has 2 aromatic rings. The van der Waals surface area contributed by atoms with Crippen molar-refractivity contribution in [1.29, 1.82) is 5.26 Å². The van der Waals surface area contributed by atoms with Gasteiger partial charge in [0.15, 0.2) is 5.57 Å². The van der Waals surface area contributed by atoms with Crippen molar-refractivity contribution in [1.82, 2.24) is 0 Å². The number of esters is 1. The number of benzene rings is 1. The predicted molar refractivity (Wildman–Crippen MR) is 101 cm³/mol. The lowest BCUT2D eigenvalue weighted by Crippen LogP contribution is -2.13. The second-order valence-electron chi connectivity index (χ2n) is 4.74. The summed E-state index contributed by atoms with van der Waals surface area (Å²) in [5.41, 5.74) is 0.361. The zero-order valence-electron chi connectivity index (χ0n) is 13.5. The smallest absolute Gasteiger partial charge is 0.350 e. The van der Waals surface area contributed by atoms with Crippen molar-refractivity contribution in [2.24, 2.45) is 0 Å². The van der Waals surface area contributed by atoms with Crippen molar-refractivity contribution in [3.05, 3.63) is 52.5 Å². The van der Waals surface area contributed by atoms with Gasteiger partial charge in [-0.1, -0.05) is 23.7 Å². The first-order valence-corrected chi connectivity index (χ1v) is 9.96. The third-order valence-electron chi connectivity index (χ3n) is 2.97. The SMILES string of the molecule is CCOC(=O)/C(C#N)=C/Nc1ccccc1NS(=O)(=O)c1ccc(Cl)s1. The van der Waals surface area contributed by atoms with Gasteiger partial charge in [-0.2, -0.15) is 5.26 Å². The Balaban J connectivity index is 2.25. The largest absolute Gasteiger partial charge is 0.462 e. The van der Waals surface area contributed by atoms with E-state index in [1.165, 1.54) is 12.1 Å². The third-order valence-corrected chi connectivity index (χ3v) is 6.06. The minimum Gasteiger partial charge on any atom is -0.462 e. The molecule has 1 aromatic carbocycles. The van der Waals surface area contributed by atoms with Gasteiger partial charge in [-0.25, -0.2) is 13.2 Å². The van der Waals surface area contributed by atoms with Crippen molar-refractivity contribution in [2.45, 2.75) is 11.1 Å². The first kappa shape index (κ1) is 19.8. The Morgan fingerprint density at radius 1 is 1.31 bits per heavy atom. The quantitative estimate of drug-likeness (QED) is 0.409. The van der Waals surface area contributed by atoms with E-state index < -0.39 is 16.0 Å². The lowest BCUT2D eigenvalue weighted by atomic mass is 10.2. The van der Waals surface area contributed by atoms with Crippen LogP contribution in [0, 0.1) is 11.3 Å². The van der Waals surface area contributed by atoms with Gasteiger partial charge in [0.2, 0.25) is 0 Å². The molecule has 136 valence electrons. The summed E-state index contributed by atoms with van der Waals surface area (Å²) in [6, 6.07) is 11.1. The second kappa shape index (κ2) is 8.71. The Morgan fingerprint density at radius 2 is 2.00 bits per heavy atom. The summed E-state index contributed by atoms with van der Waals surface area (Å²) in [6.07, 6.45) is 1.16. The Morgan fingerprint density at radius 3 is 2.58 bits per heavy atom. The number of sulfonamides is 1. The van der Waals surface area contributed by atoms with Crippen molar-refractivity contribution in [3.63, 3.8) is 0 Å². The topological polar surface area (TPSA) is 108 Å². The van der Waals surface area contributed by atoms with Crippen LogP contribution >= 0.6 is 22.9 Å². The number of para-hydroxylation sites is 2. The van der Waals surface area contributed by atoms with Crippen LogP contribution in [0.1, 0.15) is 6.92 Å². The molecule has 0 amide bonds. The molecule has 10 heteroatoms. The zero-order valence-corrected chi connectivity index (χ0v) is 15.9. The molecule has 0 atom stereocenters. The maximum atomic E-state index is 12.4. The lowest BCUT2D eigenvalue weighted by molar-refractivity contribution is -0.138. The van der Waals surface area contributed by atoms with Gasteiger partial charge in [0.1, 0.15) is 10.3 Å². The average molecular weight is 412 g/mol. The fraction of sp³-hybridized carbons (Fsp3) is 0.125. The van der Waals surface area contributed by atoms with E-state index in [1.54, 1.807) is 37.3 Å². The summed E-state index contributed by atoms with van der Waals surface area (Å²) in [7, 11) is -3.82. The lowest BCUT2D eigenvalue weighted by Gasteiger charge is -2.11. The molecule has 7 nitrogen and oxygen atoms in total.